The Morgan fingerprint density at radius 1 is 0.491 bits per heavy atom. The van der Waals surface area contributed by atoms with Gasteiger partial charge in [-0.3, -0.25) is 4.79 Å². The van der Waals surface area contributed by atoms with Crippen LogP contribution in [0.1, 0.15) is 239 Å². The average molecular weight is 815 g/mol. The van der Waals surface area contributed by atoms with E-state index in [1.54, 1.807) is 0 Å². The predicted octanol–water partition coefficient (Wildman–Crippen LogP) is 11.4. The van der Waals surface area contributed by atoms with Crippen LogP contribution in [0.4, 0.5) is 0 Å². The third-order valence-electron chi connectivity index (χ3n) is 11.8. The second-order valence-corrected chi connectivity index (χ2v) is 17.3. The predicted molar refractivity (Wildman–Crippen MR) is 233 cm³/mol. The molecule has 4 N–H and O–H groups in total. The lowest BCUT2D eigenvalue weighted by atomic mass is 9.99. The van der Waals surface area contributed by atoms with Gasteiger partial charge in [-0.25, -0.2) is 0 Å². The Hall–Kier alpha value is -0.810. The molecule has 0 radical (unpaired) electrons. The fraction of sp³-hybridized carbons (Fsp3) is 0.979. The van der Waals surface area contributed by atoms with Crippen molar-refractivity contribution in [1.82, 2.24) is 0 Å². The Labute approximate surface area is 351 Å². The number of carbonyl (C=O) groups excluding carboxylic acids is 1. The molecule has 9 nitrogen and oxygen atoms in total. The first-order valence-electron chi connectivity index (χ1n) is 24.6. The third-order valence-corrected chi connectivity index (χ3v) is 11.8. The van der Waals surface area contributed by atoms with Gasteiger partial charge < -0.3 is 39.4 Å². The van der Waals surface area contributed by atoms with Crippen LogP contribution in [-0.2, 0) is 23.7 Å². The van der Waals surface area contributed by atoms with Gasteiger partial charge >= 0.3 is 5.97 Å². The van der Waals surface area contributed by atoms with Crippen molar-refractivity contribution < 1.29 is 44.2 Å². The van der Waals surface area contributed by atoms with Crippen molar-refractivity contribution in [3.8, 4) is 0 Å². The van der Waals surface area contributed by atoms with Crippen LogP contribution in [0.25, 0.3) is 0 Å². The van der Waals surface area contributed by atoms with Gasteiger partial charge in [-0.2, -0.15) is 0 Å². The Bertz CT molecular complexity index is 843. The molecule has 0 spiro atoms. The Balaban J connectivity index is 2.20. The minimum atomic E-state index is -1.53. The SMILES string of the molecule is CCCCCCCCCCCCCCCCCCCCCC(=O)OC(COCCCCCCCCCCCCCCCCC)COC1OC(CO)C(O)C(O)C1O. The van der Waals surface area contributed by atoms with Gasteiger partial charge in [0.1, 0.15) is 30.5 Å². The number of carbonyl (C=O) groups is 1. The van der Waals surface area contributed by atoms with Gasteiger partial charge in [0.2, 0.25) is 0 Å². The van der Waals surface area contributed by atoms with Gasteiger partial charge in [0.25, 0.3) is 0 Å². The number of aliphatic hydroxyl groups excluding tert-OH is 4. The van der Waals surface area contributed by atoms with E-state index in [-0.39, 0.29) is 19.2 Å². The number of ether oxygens (including phenoxy) is 4. The van der Waals surface area contributed by atoms with E-state index >= 15 is 0 Å². The summed E-state index contributed by atoms with van der Waals surface area (Å²) in [7, 11) is 0. The highest BCUT2D eigenvalue weighted by Crippen LogP contribution is 2.23. The molecule has 6 unspecified atom stereocenters. The topological polar surface area (TPSA) is 135 Å². The van der Waals surface area contributed by atoms with Crippen LogP contribution in [0.5, 0.6) is 0 Å². The summed E-state index contributed by atoms with van der Waals surface area (Å²) in [6, 6.07) is 0. The van der Waals surface area contributed by atoms with Crippen LogP contribution in [0, 0.1) is 0 Å². The lowest BCUT2D eigenvalue weighted by Gasteiger charge is -2.39. The first-order valence-corrected chi connectivity index (χ1v) is 24.6. The molecule has 0 saturated carbocycles. The van der Waals surface area contributed by atoms with Crippen molar-refractivity contribution in [2.75, 3.05) is 26.4 Å². The van der Waals surface area contributed by atoms with Crippen molar-refractivity contribution in [3.63, 3.8) is 0 Å². The van der Waals surface area contributed by atoms with Crippen LogP contribution in [0.3, 0.4) is 0 Å². The molecule has 1 aliphatic rings. The molecule has 0 aliphatic carbocycles. The molecule has 1 rings (SSSR count). The third kappa shape index (κ3) is 31.7. The molecule has 6 atom stereocenters. The van der Waals surface area contributed by atoms with Gasteiger partial charge in [0.15, 0.2) is 6.29 Å². The van der Waals surface area contributed by atoms with Crippen LogP contribution >= 0.6 is 0 Å². The second-order valence-electron chi connectivity index (χ2n) is 17.3. The maximum atomic E-state index is 12.8. The van der Waals surface area contributed by atoms with Crippen molar-refractivity contribution in [2.24, 2.45) is 0 Å². The van der Waals surface area contributed by atoms with Gasteiger partial charge in [-0.05, 0) is 12.8 Å². The van der Waals surface area contributed by atoms with Crippen molar-refractivity contribution in [3.05, 3.63) is 0 Å². The minimum Gasteiger partial charge on any atom is -0.457 e. The number of hydrogen-bond acceptors (Lipinski definition) is 9. The number of unbranched alkanes of at least 4 members (excludes halogenated alkanes) is 32. The molecule has 0 bridgehead atoms. The Morgan fingerprint density at radius 3 is 1.25 bits per heavy atom. The molecule has 1 heterocycles. The summed E-state index contributed by atoms with van der Waals surface area (Å²) in [5, 5.41) is 40.2. The fourth-order valence-corrected chi connectivity index (χ4v) is 7.91. The van der Waals surface area contributed by atoms with E-state index in [4.69, 9.17) is 18.9 Å². The van der Waals surface area contributed by atoms with E-state index in [2.05, 4.69) is 13.8 Å². The minimum absolute atomic E-state index is 0.105. The van der Waals surface area contributed by atoms with Gasteiger partial charge in [0, 0.05) is 13.0 Å². The first kappa shape index (κ1) is 54.2. The molecule has 0 amide bonds. The van der Waals surface area contributed by atoms with Crippen molar-refractivity contribution in [2.45, 2.75) is 275 Å². The summed E-state index contributed by atoms with van der Waals surface area (Å²) in [6.07, 6.45) is 37.0. The number of esters is 1. The van der Waals surface area contributed by atoms with E-state index in [1.165, 1.54) is 186 Å². The molecule has 340 valence electrons. The molecule has 57 heavy (non-hydrogen) atoms. The standard InChI is InChI=1S/C48H94O9/c1-3-5-7-9-11-13-15-17-19-20-21-22-23-25-27-29-31-33-35-37-44(50)56-42(41-55-48-47(53)46(52)45(51)43(39-49)57-48)40-54-38-36-34-32-30-28-26-24-18-16-14-12-10-8-6-4-2/h42-43,45-49,51-53H,3-41H2,1-2H3. The van der Waals surface area contributed by atoms with Crippen LogP contribution in [0.2, 0.25) is 0 Å². The van der Waals surface area contributed by atoms with Crippen molar-refractivity contribution >= 4 is 5.97 Å². The van der Waals surface area contributed by atoms with E-state index in [0.717, 1.165) is 32.1 Å². The zero-order chi connectivity index (χ0) is 41.4. The van der Waals surface area contributed by atoms with Gasteiger partial charge in [0.05, 0.1) is 19.8 Å². The molecule has 0 aromatic carbocycles. The largest absolute Gasteiger partial charge is 0.457 e. The maximum absolute atomic E-state index is 12.8. The number of aliphatic hydroxyl groups is 4. The van der Waals surface area contributed by atoms with Crippen LogP contribution < -0.4 is 0 Å². The summed E-state index contributed by atoms with van der Waals surface area (Å²) < 4.78 is 22.9. The summed E-state index contributed by atoms with van der Waals surface area (Å²) in [6.45, 7) is 4.62. The first-order chi connectivity index (χ1) is 27.9. The average Bonchev–Trinajstić information content (AvgIpc) is 3.21. The van der Waals surface area contributed by atoms with Crippen molar-refractivity contribution in [1.29, 1.82) is 0 Å². The second kappa shape index (κ2) is 40.6. The van der Waals surface area contributed by atoms with Gasteiger partial charge in [-0.15, -0.1) is 0 Å². The maximum Gasteiger partial charge on any atom is 0.306 e. The number of hydrogen-bond donors (Lipinski definition) is 4. The normalized spacial score (nSPS) is 20.3. The monoisotopic (exact) mass is 815 g/mol. The quantitative estimate of drug-likeness (QED) is 0.0350. The summed E-state index contributed by atoms with van der Waals surface area (Å²) >= 11 is 0. The van der Waals surface area contributed by atoms with E-state index in [0.29, 0.717) is 13.0 Å². The summed E-state index contributed by atoms with van der Waals surface area (Å²) in [4.78, 5) is 12.8. The number of rotatable bonds is 43. The molecule has 1 saturated heterocycles. The van der Waals surface area contributed by atoms with E-state index < -0.39 is 43.4 Å². The smallest absolute Gasteiger partial charge is 0.306 e. The zero-order valence-electron chi connectivity index (χ0n) is 37.4. The lowest BCUT2D eigenvalue weighted by Crippen LogP contribution is -2.59. The molecular formula is C48H94O9. The molecular weight excluding hydrogens is 721 g/mol. The Morgan fingerprint density at radius 2 is 0.860 bits per heavy atom. The zero-order valence-corrected chi connectivity index (χ0v) is 37.4. The van der Waals surface area contributed by atoms with Crippen LogP contribution in [0.15, 0.2) is 0 Å². The summed E-state index contributed by atoms with van der Waals surface area (Å²) in [5.74, 6) is -0.306. The molecule has 1 fully saturated rings. The summed E-state index contributed by atoms with van der Waals surface area (Å²) in [5.41, 5.74) is 0. The molecule has 1 aliphatic heterocycles. The van der Waals surface area contributed by atoms with E-state index in [9.17, 15) is 25.2 Å². The Kier molecular flexibility index (Phi) is 38.6. The highest BCUT2D eigenvalue weighted by Gasteiger charge is 2.44. The van der Waals surface area contributed by atoms with Gasteiger partial charge in [-0.1, -0.05) is 219 Å². The molecule has 9 heteroatoms. The van der Waals surface area contributed by atoms with E-state index in [1.807, 2.05) is 0 Å². The lowest BCUT2D eigenvalue weighted by molar-refractivity contribution is -0.305. The van der Waals surface area contributed by atoms with Crippen LogP contribution in [-0.4, -0.2) is 89.6 Å². The highest BCUT2D eigenvalue weighted by atomic mass is 16.7. The highest BCUT2D eigenvalue weighted by molar-refractivity contribution is 5.69. The fourth-order valence-electron chi connectivity index (χ4n) is 7.91. The molecule has 0 aromatic rings. The molecule has 0 aromatic heterocycles.